The number of hydroxylamine groups is 1. The van der Waals surface area contributed by atoms with Gasteiger partial charge in [0.25, 0.3) is 11.6 Å². The SMILES string of the molecule is Cc1cccc([N+](=O)[O-])c1C(=O)NOC1CCCC1. The first-order valence-electron chi connectivity index (χ1n) is 6.29. The Morgan fingerprint density at radius 3 is 2.74 bits per heavy atom. The van der Waals surface area contributed by atoms with Gasteiger partial charge in [-0.05, 0) is 25.3 Å². The second-order valence-corrected chi connectivity index (χ2v) is 4.68. The molecule has 1 aromatic carbocycles. The lowest BCUT2D eigenvalue weighted by atomic mass is 10.1. The summed E-state index contributed by atoms with van der Waals surface area (Å²) in [6.45, 7) is 1.66. The first-order chi connectivity index (χ1) is 9.09. The van der Waals surface area contributed by atoms with Crippen LogP contribution in [0.3, 0.4) is 0 Å². The highest BCUT2D eigenvalue weighted by Gasteiger charge is 2.24. The standard InChI is InChI=1S/C13H16N2O4/c1-9-5-4-8-11(15(17)18)12(9)13(16)14-19-10-6-2-3-7-10/h4-5,8,10H,2-3,6-7H2,1H3,(H,14,16). The maximum Gasteiger partial charge on any atom is 0.282 e. The lowest BCUT2D eigenvalue weighted by Crippen LogP contribution is -2.29. The third kappa shape index (κ3) is 3.08. The fourth-order valence-corrected chi connectivity index (χ4v) is 2.29. The average molecular weight is 264 g/mol. The number of benzene rings is 1. The highest BCUT2D eigenvalue weighted by Crippen LogP contribution is 2.23. The molecule has 1 aromatic rings. The molecular weight excluding hydrogens is 248 g/mol. The number of rotatable bonds is 4. The minimum absolute atomic E-state index is 0.0204. The topological polar surface area (TPSA) is 81.5 Å². The summed E-state index contributed by atoms with van der Waals surface area (Å²) in [5.41, 5.74) is 2.75. The van der Waals surface area contributed by atoms with E-state index in [0.717, 1.165) is 25.7 Å². The molecule has 6 nitrogen and oxygen atoms in total. The third-order valence-electron chi connectivity index (χ3n) is 3.30. The van der Waals surface area contributed by atoms with Crippen LogP contribution in [0.1, 0.15) is 41.6 Å². The number of aryl methyl sites for hydroxylation is 1. The number of hydrogen-bond donors (Lipinski definition) is 1. The van der Waals surface area contributed by atoms with E-state index >= 15 is 0 Å². The Morgan fingerprint density at radius 1 is 1.42 bits per heavy atom. The van der Waals surface area contributed by atoms with Gasteiger partial charge in [-0.2, -0.15) is 0 Å². The van der Waals surface area contributed by atoms with Gasteiger partial charge in [0.15, 0.2) is 0 Å². The van der Waals surface area contributed by atoms with Gasteiger partial charge in [0, 0.05) is 6.07 Å². The number of nitro benzene ring substituents is 1. The van der Waals surface area contributed by atoms with E-state index in [1.807, 2.05) is 0 Å². The van der Waals surface area contributed by atoms with Crippen LogP contribution in [0.15, 0.2) is 18.2 Å². The smallest absolute Gasteiger partial charge is 0.270 e. The van der Waals surface area contributed by atoms with E-state index in [-0.39, 0.29) is 17.4 Å². The second-order valence-electron chi connectivity index (χ2n) is 4.68. The summed E-state index contributed by atoms with van der Waals surface area (Å²) in [7, 11) is 0. The fraction of sp³-hybridized carbons (Fsp3) is 0.462. The minimum atomic E-state index is -0.559. The first kappa shape index (κ1) is 13.5. The molecule has 6 heteroatoms. The molecule has 0 aliphatic heterocycles. The molecule has 0 radical (unpaired) electrons. The Bertz CT molecular complexity index is 495. The van der Waals surface area contributed by atoms with Crippen molar-refractivity contribution in [2.24, 2.45) is 0 Å². The normalized spacial score (nSPS) is 15.4. The van der Waals surface area contributed by atoms with Crippen molar-refractivity contribution >= 4 is 11.6 Å². The van der Waals surface area contributed by atoms with Gasteiger partial charge in [0.05, 0.1) is 11.0 Å². The van der Waals surface area contributed by atoms with E-state index in [1.165, 1.54) is 6.07 Å². The number of hydrogen-bond acceptors (Lipinski definition) is 4. The Hall–Kier alpha value is -1.95. The minimum Gasteiger partial charge on any atom is -0.270 e. The van der Waals surface area contributed by atoms with Crippen LogP contribution in [0.4, 0.5) is 5.69 Å². The quantitative estimate of drug-likeness (QED) is 0.669. The van der Waals surface area contributed by atoms with Crippen LogP contribution in [0.2, 0.25) is 0 Å². The van der Waals surface area contributed by atoms with E-state index in [2.05, 4.69) is 5.48 Å². The summed E-state index contributed by atoms with van der Waals surface area (Å²) in [5.74, 6) is -0.559. The average Bonchev–Trinajstić information content (AvgIpc) is 2.88. The molecule has 2 rings (SSSR count). The van der Waals surface area contributed by atoms with Gasteiger partial charge in [0.1, 0.15) is 5.56 Å². The molecule has 1 aliphatic carbocycles. The van der Waals surface area contributed by atoms with Crippen LogP contribution < -0.4 is 5.48 Å². The number of nitrogens with one attached hydrogen (secondary N) is 1. The molecule has 0 saturated heterocycles. The predicted octanol–water partition coefficient (Wildman–Crippen LogP) is 2.51. The largest absolute Gasteiger partial charge is 0.282 e. The molecule has 102 valence electrons. The van der Waals surface area contributed by atoms with Crippen LogP contribution >= 0.6 is 0 Å². The zero-order valence-corrected chi connectivity index (χ0v) is 10.7. The molecule has 0 bridgehead atoms. The Labute approximate surface area is 110 Å². The molecule has 0 heterocycles. The van der Waals surface area contributed by atoms with E-state index < -0.39 is 10.8 Å². The van der Waals surface area contributed by atoms with Crippen LogP contribution in [-0.4, -0.2) is 16.9 Å². The third-order valence-corrected chi connectivity index (χ3v) is 3.30. The summed E-state index contributed by atoms with van der Waals surface area (Å²) in [6.07, 6.45) is 4.02. The summed E-state index contributed by atoms with van der Waals surface area (Å²) in [4.78, 5) is 27.7. The Balaban J connectivity index is 2.11. The van der Waals surface area contributed by atoms with E-state index in [1.54, 1.807) is 19.1 Å². The molecule has 1 amide bonds. The molecular formula is C13H16N2O4. The summed E-state index contributed by atoms with van der Waals surface area (Å²) >= 11 is 0. The van der Waals surface area contributed by atoms with Crippen molar-refractivity contribution < 1.29 is 14.6 Å². The molecule has 1 saturated carbocycles. The van der Waals surface area contributed by atoms with E-state index in [9.17, 15) is 14.9 Å². The van der Waals surface area contributed by atoms with Crippen LogP contribution in [-0.2, 0) is 4.84 Å². The number of carbonyl (C=O) groups excluding carboxylic acids is 1. The monoisotopic (exact) mass is 264 g/mol. The number of carbonyl (C=O) groups is 1. The van der Waals surface area contributed by atoms with Crippen molar-refractivity contribution in [1.82, 2.24) is 5.48 Å². The van der Waals surface area contributed by atoms with Crippen molar-refractivity contribution in [3.63, 3.8) is 0 Å². The molecule has 0 spiro atoms. The van der Waals surface area contributed by atoms with Crippen molar-refractivity contribution in [3.8, 4) is 0 Å². The lowest BCUT2D eigenvalue weighted by Gasteiger charge is -2.12. The van der Waals surface area contributed by atoms with Gasteiger partial charge in [0.2, 0.25) is 0 Å². The number of amides is 1. The van der Waals surface area contributed by atoms with Gasteiger partial charge in [-0.1, -0.05) is 25.0 Å². The van der Waals surface area contributed by atoms with Crippen LogP contribution in [0.5, 0.6) is 0 Å². The molecule has 1 aliphatic rings. The van der Waals surface area contributed by atoms with Crippen molar-refractivity contribution in [1.29, 1.82) is 0 Å². The van der Waals surface area contributed by atoms with E-state index in [0.29, 0.717) is 5.56 Å². The first-order valence-corrected chi connectivity index (χ1v) is 6.29. The van der Waals surface area contributed by atoms with Gasteiger partial charge in [-0.3, -0.25) is 19.7 Å². The van der Waals surface area contributed by atoms with Crippen LogP contribution in [0, 0.1) is 17.0 Å². The fourth-order valence-electron chi connectivity index (χ4n) is 2.29. The zero-order valence-electron chi connectivity index (χ0n) is 10.7. The van der Waals surface area contributed by atoms with Gasteiger partial charge >= 0.3 is 0 Å². The zero-order chi connectivity index (χ0) is 13.8. The van der Waals surface area contributed by atoms with Gasteiger partial charge in [-0.25, -0.2) is 5.48 Å². The highest BCUT2D eigenvalue weighted by atomic mass is 16.7. The number of nitrogens with zero attached hydrogens (tertiary/aromatic N) is 1. The van der Waals surface area contributed by atoms with Crippen molar-refractivity contribution in [2.75, 3.05) is 0 Å². The summed E-state index contributed by atoms with van der Waals surface area (Å²) in [6, 6.07) is 4.54. The number of nitro groups is 1. The molecule has 1 fully saturated rings. The predicted molar refractivity (Wildman–Crippen MR) is 68.6 cm³/mol. The maximum atomic E-state index is 12.0. The van der Waals surface area contributed by atoms with E-state index in [4.69, 9.17) is 4.84 Å². The van der Waals surface area contributed by atoms with Crippen molar-refractivity contribution in [3.05, 3.63) is 39.4 Å². The maximum absolute atomic E-state index is 12.0. The molecule has 1 N–H and O–H groups in total. The summed E-state index contributed by atoms with van der Waals surface area (Å²) in [5, 5.41) is 10.9. The van der Waals surface area contributed by atoms with Gasteiger partial charge in [-0.15, -0.1) is 0 Å². The molecule has 0 unspecified atom stereocenters. The van der Waals surface area contributed by atoms with Gasteiger partial charge < -0.3 is 0 Å². The molecule has 0 atom stereocenters. The molecule has 19 heavy (non-hydrogen) atoms. The summed E-state index contributed by atoms with van der Waals surface area (Å²) < 4.78 is 0. The highest BCUT2D eigenvalue weighted by molar-refractivity contribution is 5.98. The lowest BCUT2D eigenvalue weighted by molar-refractivity contribution is -0.385. The Kier molecular flexibility index (Phi) is 4.11. The van der Waals surface area contributed by atoms with Crippen molar-refractivity contribution in [2.45, 2.75) is 38.7 Å². The van der Waals surface area contributed by atoms with Crippen LogP contribution in [0.25, 0.3) is 0 Å². The Morgan fingerprint density at radius 2 is 2.11 bits per heavy atom. The molecule has 0 aromatic heterocycles. The second kappa shape index (κ2) is 5.79.